The average Bonchev–Trinajstić information content (AvgIpc) is 3.45. The summed E-state index contributed by atoms with van der Waals surface area (Å²) in [4.78, 5) is 2.11. The lowest BCUT2D eigenvalue weighted by atomic mass is 9.90. The average molecular weight is 641 g/mol. The summed E-state index contributed by atoms with van der Waals surface area (Å²) < 4.78 is 72.6. The Hall–Kier alpha value is -3.79. The molecule has 0 bridgehead atoms. The molecule has 0 atom stereocenters. The van der Waals surface area contributed by atoms with Crippen LogP contribution in [0.4, 0.5) is 13.2 Å². The van der Waals surface area contributed by atoms with Gasteiger partial charge in [-0.05, 0) is 47.4 Å². The van der Waals surface area contributed by atoms with Gasteiger partial charge in [-0.1, -0.05) is 90.5 Å². The van der Waals surface area contributed by atoms with Crippen molar-refractivity contribution in [2.24, 2.45) is 0 Å². The van der Waals surface area contributed by atoms with Gasteiger partial charge in [-0.2, -0.15) is 13.2 Å². The topological polar surface area (TPSA) is 51.5 Å². The first-order chi connectivity index (χ1) is 21.0. The standard InChI is InChI=1S/C34H32ClF3N2O3S/c1-44(41,42)40-21-19-28-31(40)17-9-18-32(28)43-22-10-20-39(23-27-15-8-16-30(33(27)35)34(36,37)38)24-29(25-11-4-2-5-12-25)26-13-6-3-7-14-26/h2-9,11-19,21,29H,10,20,22-24H2,1H3. The SMILES string of the molecule is CS(=O)(=O)n1ccc2c(OCCCN(Cc3cccc(C(F)(F)F)c3Cl)CC(c3ccccc3)c3ccccc3)cccc21. The van der Waals surface area contributed by atoms with Crippen molar-refractivity contribution in [3.63, 3.8) is 0 Å². The van der Waals surface area contributed by atoms with Crippen LogP contribution in [0.3, 0.4) is 0 Å². The molecule has 0 aliphatic heterocycles. The van der Waals surface area contributed by atoms with Gasteiger partial charge in [-0.25, -0.2) is 12.4 Å². The van der Waals surface area contributed by atoms with E-state index in [2.05, 4.69) is 29.2 Å². The van der Waals surface area contributed by atoms with Crippen molar-refractivity contribution in [3.8, 4) is 5.75 Å². The molecule has 5 nitrogen and oxygen atoms in total. The molecule has 0 saturated carbocycles. The highest BCUT2D eigenvalue weighted by atomic mass is 35.5. The van der Waals surface area contributed by atoms with Gasteiger partial charge in [0.15, 0.2) is 0 Å². The molecule has 0 saturated heterocycles. The summed E-state index contributed by atoms with van der Waals surface area (Å²) >= 11 is 6.32. The highest BCUT2D eigenvalue weighted by Crippen LogP contribution is 2.37. The zero-order chi connectivity index (χ0) is 31.3. The second-order valence-corrected chi connectivity index (χ2v) is 12.9. The van der Waals surface area contributed by atoms with E-state index in [4.69, 9.17) is 16.3 Å². The van der Waals surface area contributed by atoms with Crippen LogP contribution in [0.25, 0.3) is 10.9 Å². The van der Waals surface area contributed by atoms with E-state index in [9.17, 15) is 21.6 Å². The third-order valence-corrected chi connectivity index (χ3v) is 8.99. The van der Waals surface area contributed by atoms with E-state index in [-0.39, 0.29) is 17.5 Å². The van der Waals surface area contributed by atoms with Gasteiger partial charge in [-0.15, -0.1) is 0 Å². The molecule has 0 radical (unpaired) electrons. The molecule has 0 amide bonds. The van der Waals surface area contributed by atoms with Crippen molar-refractivity contribution in [3.05, 3.63) is 137 Å². The van der Waals surface area contributed by atoms with Crippen LogP contribution >= 0.6 is 11.6 Å². The smallest absolute Gasteiger partial charge is 0.417 e. The van der Waals surface area contributed by atoms with Crippen LogP contribution in [0, 0.1) is 0 Å². The first-order valence-corrected chi connectivity index (χ1v) is 16.4. The van der Waals surface area contributed by atoms with Crippen LogP contribution in [0.1, 0.15) is 34.6 Å². The minimum atomic E-state index is -4.56. The molecule has 0 N–H and O–H groups in total. The molecule has 0 aliphatic rings. The van der Waals surface area contributed by atoms with E-state index in [1.165, 1.54) is 16.2 Å². The lowest BCUT2D eigenvalue weighted by Gasteiger charge is -2.29. The van der Waals surface area contributed by atoms with Crippen molar-refractivity contribution in [2.45, 2.75) is 25.1 Å². The zero-order valence-corrected chi connectivity index (χ0v) is 25.6. The Bertz CT molecular complexity index is 1770. The first-order valence-electron chi connectivity index (χ1n) is 14.1. The molecule has 0 fully saturated rings. The summed E-state index contributed by atoms with van der Waals surface area (Å²) in [7, 11) is -3.47. The van der Waals surface area contributed by atoms with E-state index >= 15 is 0 Å². The van der Waals surface area contributed by atoms with Crippen molar-refractivity contribution in [1.29, 1.82) is 0 Å². The van der Waals surface area contributed by atoms with Gasteiger partial charge in [0.25, 0.3) is 0 Å². The summed E-state index contributed by atoms with van der Waals surface area (Å²) in [6, 6.07) is 31.0. The van der Waals surface area contributed by atoms with Gasteiger partial charge in [0.05, 0.1) is 29.0 Å². The third kappa shape index (κ3) is 7.46. The second kappa shape index (κ2) is 13.5. The van der Waals surface area contributed by atoms with E-state index in [1.54, 1.807) is 30.3 Å². The van der Waals surface area contributed by atoms with Gasteiger partial charge < -0.3 is 4.74 Å². The molecular formula is C34H32ClF3N2O3S. The molecule has 4 aromatic carbocycles. The fraction of sp³-hybridized carbons (Fsp3) is 0.235. The Morgan fingerprint density at radius 3 is 2.11 bits per heavy atom. The number of alkyl halides is 3. The molecule has 5 aromatic rings. The highest BCUT2D eigenvalue weighted by molar-refractivity contribution is 7.89. The summed E-state index contributed by atoms with van der Waals surface area (Å²) in [6.45, 7) is 1.58. The lowest BCUT2D eigenvalue weighted by molar-refractivity contribution is -0.137. The maximum absolute atomic E-state index is 13.7. The minimum absolute atomic E-state index is 0.0348. The molecule has 230 valence electrons. The largest absolute Gasteiger partial charge is 0.493 e. The van der Waals surface area contributed by atoms with E-state index in [0.29, 0.717) is 48.3 Å². The summed E-state index contributed by atoms with van der Waals surface area (Å²) in [5, 5.41) is 0.387. The number of nitrogens with zero attached hydrogens (tertiary/aromatic N) is 2. The molecule has 1 aromatic heterocycles. The van der Waals surface area contributed by atoms with Crippen LogP contribution in [0.2, 0.25) is 5.02 Å². The van der Waals surface area contributed by atoms with Gasteiger partial charge in [0.1, 0.15) is 5.75 Å². The van der Waals surface area contributed by atoms with Crippen molar-refractivity contribution < 1.29 is 26.3 Å². The Labute approximate surface area is 260 Å². The normalized spacial score (nSPS) is 12.3. The highest BCUT2D eigenvalue weighted by Gasteiger charge is 2.34. The van der Waals surface area contributed by atoms with Crippen LogP contribution in [0.5, 0.6) is 5.75 Å². The molecule has 5 rings (SSSR count). The predicted octanol–water partition coefficient (Wildman–Crippen LogP) is 8.22. The summed E-state index contributed by atoms with van der Waals surface area (Å²) in [6.07, 6.45) is -1.35. The number of fused-ring (bicyclic) bond motifs is 1. The number of hydrogen-bond acceptors (Lipinski definition) is 4. The van der Waals surface area contributed by atoms with Crippen LogP contribution < -0.4 is 4.74 Å². The lowest BCUT2D eigenvalue weighted by Crippen LogP contribution is -2.31. The van der Waals surface area contributed by atoms with Gasteiger partial charge in [-0.3, -0.25) is 4.90 Å². The number of benzene rings is 4. The summed E-state index contributed by atoms with van der Waals surface area (Å²) in [5.41, 5.74) is 2.26. The van der Waals surface area contributed by atoms with Crippen LogP contribution in [0.15, 0.2) is 109 Å². The molecular weight excluding hydrogens is 609 g/mol. The quantitative estimate of drug-likeness (QED) is 0.129. The summed E-state index contributed by atoms with van der Waals surface area (Å²) in [5.74, 6) is 0.524. The van der Waals surface area contributed by atoms with E-state index in [0.717, 1.165) is 23.4 Å². The molecule has 0 spiro atoms. The van der Waals surface area contributed by atoms with Gasteiger partial charge >= 0.3 is 6.18 Å². The molecule has 44 heavy (non-hydrogen) atoms. The van der Waals surface area contributed by atoms with E-state index < -0.39 is 21.8 Å². The minimum Gasteiger partial charge on any atom is -0.493 e. The maximum Gasteiger partial charge on any atom is 0.417 e. The molecule has 0 unspecified atom stereocenters. The molecule has 10 heteroatoms. The number of ether oxygens (including phenoxy) is 1. The Balaban J connectivity index is 1.38. The van der Waals surface area contributed by atoms with E-state index in [1.807, 2.05) is 36.4 Å². The Morgan fingerprint density at radius 2 is 1.50 bits per heavy atom. The van der Waals surface area contributed by atoms with Crippen molar-refractivity contribution in [1.82, 2.24) is 8.87 Å². The monoisotopic (exact) mass is 640 g/mol. The van der Waals surface area contributed by atoms with Crippen LogP contribution in [-0.2, 0) is 22.7 Å². The number of rotatable bonds is 12. The fourth-order valence-corrected chi connectivity index (χ4v) is 6.52. The van der Waals surface area contributed by atoms with Crippen molar-refractivity contribution in [2.75, 3.05) is 26.0 Å². The Morgan fingerprint density at radius 1 is 0.864 bits per heavy atom. The van der Waals surface area contributed by atoms with Crippen molar-refractivity contribution >= 4 is 32.5 Å². The Kier molecular flexibility index (Phi) is 9.68. The number of halogens is 4. The van der Waals surface area contributed by atoms with Gasteiger partial charge in [0.2, 0.25) is 10.0 Å². The predicted molar refractivity (Wildman–Crippen MR) is 169 cm³/mol. The van der Waals surface area contributed by atoms with Gasteiger partial charge in [0, 0.05) is 37.1 Å². The maximum atomic E-state index is 13.7. The molecule has 0 aliphatic carbocycles. The van der Waals surface area contributed by atoms with Crippen LogP contribution in [-0.4, -0.2) is 43.2 Å². The number of hydrogen-bond donors (Lipinski definition) is 0. The molecule has 1 heterocycles. The fourth-order valence-electron chi connectivity index (χ4n) is 5.43. The second-order valence-electron chi connectivity index (χ2n) is 10.7. The zero-order valence-electron chi connectivity index (χ0n) is 24.0. The number of aromatic nitrogens is 1. The first kappa shape index (κ1) is 31.6. The third-order valence-electron chi connectivity index (χ3n) is 7.51.